The van der Waals surface area contributed by atoms with Crippen molar-refractivity contribution in [1.82, 2.24) is 9.80 Å². The van der Waals surface area contributed by atoms with E-state index in [4.69, 9.17) is 9.47 Å². The highest BCUT2D eigenvalue weighted by atomic mass is 16.5. The van der Waals surface area contributed by atoms with Gasteiger partial charge in [0.2, 0.25) is 0 Å². The lowest BCUT2D eigenvalue weighted by atomic mass is 9.97. The van der Waals surface area contributed by atoms with Gasteiger partial charge < -0.3 is 9.47 Å². The van der Waals surface area contributed by atoms with E-state index in [-0.39, 0.29) is 6.17 Å². The molecule has 3 atom stereocenters. The molecule has 172 valence electrons. The lowest BCUT2D eigenvalue weighted by Gasteiger charge is -2.47. The predicted octanol–water partition coefficient (Wildman–Crippen LogP) is 5.24. The number of nitrogens with zero attached hydrogens (tertiary/aromatic N) is 4. The van der Waals surface area contributed by atoms with Gasteiger partial charge in [0.25, 0.3) is 0 Å². The average molecular weight is 453 g/mol. The van der Waals surface area contributed by atoms with Gasteiger partial charge in [0, 0.05) is 13.1 Å². The van der Waals surface area contributed by atoms with Crippen molar-refractivity contribution in [2.24, 2.45) is 0 Å². The highest BCUT2D eigenvalue weighted by molar-refractivity contribution is 5.35. The van der Waals surface area contributed by atoms with Crippen molar-refractivity contribution in [2.45, 2.75) is 24.7 Å². The highest BCUT2D eigenvalue weighted by Gasteiger charge is 2.39. The minimum Gasteiger partial charge on any atom is -0.497 e. The molecule has 0 bridgehead atoms. The third-order valence-corrected chi connectivity index (χ3v) is 6.33. The van der Waals surface area contributed by atoms with Gasteiger partial charge in [-0.3, -0.25) is 9.80 Å². The highest BCUT2D eigenvalue weighted by Crippen LogP contribution is 2.40. The fourth-order valence-corrected chi connectivity index (χ4v) is 4.67. The van der Waals surface area contributed by atoms with Crippen molar-refractivity contribution >= 4 is 0 Å². The van der Waals surface area contributed by atoms with Crippen LogP contribution in [-0.4, -0.2) is 37.1 Å². The summed E-state index contributed by atoms with van der Waals surface area (Å²) in [6, 6.07) is 29.5. The fraction of sp³-hybridized carbons (Fsp3) is 0.286. The molecule has 3 aromatic carbocycles. The Morgan fingerprint density at radius 2 is 1.15 bits per heavy atom. The first-order valence-corrected chi connectivity index (χ1v) is 11.3. The molecular weight excluding hydrogens is 424 g/mol. The molecule has 1 fully saturated rings. The Kier molecular flexibility index (Phi) is 7.44. The number of hydrogen-bond donors (Lipinski definition) is 0. The van der Waals surface area contributed by atoms with Crippen LogP contribution in [0.3, 0.4) is 0 Å². The lowest BCUT2D eigenvalue weighted by molar-refractivity contribution is -0.0287. The third-order valence-electron chi connectivity index (χ3n) is 6.33. The van der Waals surface area contributed by atoms with Crippen LogP contribution in [0, 0.1) is 22.7 Å². The first-order chi connectivity index (χ1) is 16.7. The van der Waals surface area contributed by atoms with Gasteiger partial charge in [0.05, 0.1) is 32.5 Å². The quantitative estimate of drug-likeness (QED) is 0.488. The van der Waals surface area contributed by atoms with E-state index < -0.39 is 12.1 Å². The molecule has 0 N–H and O–H groups in total. The van der Waals surface area contributed by atoms with Gasteiger partial charge in [-0.1, -0.05) is 54.6 Å². The zero-order valence-electron chi connectivity index (χ0n) is 19.5. The molecule has 0 amide bonds. The Labute approximate surface area is 201 Å². The summed E-state index contributed by atoms with van der Waals surface area (Å²) in [7, 11) is 3.26. The van der Waals surface area contributed by atoms with E-state index >= 15 is 0 Å². The summed E-state index contributed by atoms with van der Waals surface area (Å²) in [6.07, 6.45) is 0.625. The van der Waals surface area contributed by atoms with Crippen LogP contribution in [0.25, 0.3) is 0 Å². The van der Waals surface area contributed by atoms with Crippen LogP contribution in [0.15, 0.2) is 78.9 Å². The maximum Gasteiger partial charge on any atom is 0.125 e. The van der Waals surface area contributed by atoms with Crippen molar-refractivity contribution in [2.75, 3.05) is 27.3 Å². The molecule has 1 unspecified atom stereocenters. The number of methoxy groups -OCH3 is 2. The number of hydrogen-bond acceptors (Lipinski definition) is 6. The predicted molar refractivity (Wildman–Crippen MR) is 130 cm³/mol. The van der Waals surface area contributed by atoms with Crippen LogP contribution >= 0.6 is 0 Å². The number of nitriles is 2. The van der Waals surface area contributed by atoms with Crippen molar-refractivity contribution in [1.29, 1.82) is 10.5 Å². The maximum atomic E-state index is 10.3. The molecule has 1 aliphatic heterocycles. The smallest absolute Gasteiger partial charge is 0.125 e. The first-order valence-electron chi connectivity index (χ1n) is 11.3. The summed E-state index contributed by atoms with van der Waals surface area (Å²) < 4.78 is 10.6. The molecule has 6 heteroatoms. The SMILES string of the molecule is COc1ccc([C@@H](C#N)N2CCCN([C@@H](C#N)c3ccc(OC)cc3)C2c2ccccc2)cc1. The Hall–Kier alpha value is -3.84. The summed E-state index contributed by atoms with van der Waals surface area (Å²) in [6.45, 7) is 1.50. The summed E-state index contributed by atoms with van der Waals surface area (Å²) in [4.78, 5) is 4.41. The van der Waals surface area contributed by atoms with E-state index in [9.17, 15) is 10.5 Å². The van der Waals surface area contributed by atoms with E-state index in [1.807, 2.05) is 66.7 Å². The van der Waals surface area contributed by atoms with Gasteiger partial charge in [-0.15, -0.1) is 0 Å². The van der Waals surface area contributed by atoms with Crippen LogP contribution in [0.4, 0.5) is 0 Å². The summed E-state index contributed by atoms with van der Waals surface area (Å²) in [5, 5.41) is 20.5. The van der Waals surface area contributed by atoms with E-state index in [2.05, 4.69) is 34.1 Å². The topological polar surface area (TPSA) is 72.5 Å². The second-order valence-electron chi connectivity index (χ2n) is 8.22. The van der Waals surface area contributed by atoms with Crippen LogP contribution in [0.2, 0.25) is 0 Å². The molecule has 6 nitrogen and oxygen atoms in total. The normalized spacial score (nSPS) is 18.3. The minimum absolute atomic E-state index is 0.228. The first kappa shape index (κ1) is 23.3. The van der Waals surface area contributed by atoms with Gasteiger partial charge in [-0.05, 0) is 47.4 Å². The number of rotatable bonds is 7. The molecule has 0 aliphatic carbocycles. The molecule has 1 aliphatic rings. The Bertz CT molecular complexity index is 1080. The summed E-state index contributed by atoms with van der Waals surface area (Å²) in [5.74, 6) is 1.51. The Morgan fingerprint density at radius 1 is 0.706 bits per heavy atom. The van der Waals surface area contributed by atoms with Crippen LogP contribution in [0.1, 0.15) is 41.4 Å². The van der Waals surface area contributed by atoms with Crippen molar-refractivity contribution < 1.29 is 9.47 Å². The second kappa shape index (κ2) is 10.9. The van der Waals surface area contributed by atoms with E-state index in [0.29, 0.717) is 0 Å². The van der Waals surface area contributed by atoms with Crippen LogP contribution in [-0.2, 0) is 0 Å². The lowest BCUT2D eigenvalue weighted by Crippen LogP contribution is -2.49. The molecule has 1 saturated heterocycles. The Morgan fingerprint density at radius 3 is 1.53 bits per heavy atom. The van der Waals surface area contributed by atoms with E-state index in [1.165, 1.54) is 0 Å². The van der Waals surface area contributed by atoms with Gasteiger partial charge in [0.15, 0.2) is 0 Å². The minimum atomic E-state index is -0.464. The largest absolute Gasteiger partial charge is 0.497 e. The molecule has 34 heavy (non-hydrogen) atoms. The monoisotopic (exact) mass is 452 g/mol. The molecular formula is C28H28N4O2. The summed E-state index contributed by atoms with van der Waals surface area (Å²) in [5.41, 5.74) is 2.87. The van der Waals surface area contributed by atoms with E-state index in [0.717, 1.165) is 47.7 Å². The zero-order chi connectivity index (χ0) is 23.9. The molecule has 0 saturated carbocycles. The molecule has 0 spiro atoms. The van der Waals surface area contributed by atoms with Crippen LogP contribution in [0.5, 0.6) is 11.5 Å². The van der Waals surface area contributed by atoms with Gasteiger partial charge >= 0.3 is 0 Å². The van der Waals surface area contributed by atoms with Gasteiger partial charge in [0.1, 0.15) is 23.6 Å². The second-order valence-corrected chi connectivity index (χ2v) is 8.22. The molecule has 0 radical (unpaired) electrons. The standard InChI is InChI=1S/C28H28N4O2/c1-33-24-13-9-21(10-14-24)26(19-29)31-17-6-18-32(28(31)23-7-4-3-5-8-23)27(20-30)22-11-15-25(34-2)16-12-22/h3-5,7-16,26-28H,6,17-18H2,1-2H3/t26-,27+,28?. The molecule has 4 rings (SSSR count). The third kappa shape index (κ3) is 4.75. The molecule has 1 heterocycles. The number of benzene rings is 3. The van der Waals surface area contributed by atoms with Crippen molar-refractivity contribution in [3.05, 3.63) is 95.6 Å². The van der Waals surface area contributed by atoms with Gasteiger partial charge in [-0.2, -0.15) is 10.5 Å². The zero-order valence-corrected chi connectivity index (χ0v) is 19.5. The van der Waals surface area contributed by atoms with E-state index in [1.54, 1.807) is 14.2 Å². The fourth-order valence-electron chi connectivity index (χ4n) is 4.67. The Balaban J connectivity index is 1.75. The maximum absolute atomic E-state index is 10.3. The molecule has 0 aromatic heterocycles. The molecule has 3 aromatic rings. The van der Waals surface area contributed by atoms with Crippen LogP contribution < -0.4 is 9.47 Å². The van der Waals surface area contributed by atoms with Crippen molar-refractivity contribution in [3.8, 4) is 23.6 Å². The van der Waals surface area contributed by atoms with Gasteiger partial charge in [-0.25, -0.2) is 0 Å². The summed E-state index contributed by atoms with van der Waals surface area (Å²) >= 11 is 0. The average Bonchev–Trinajstić information content (AvgIpc) is 2.91. The number of ether oxygens (including phenoxy) is 2. The van der Waals surface area contributed by atoms with Crippen molar-refractivity contribution in [3.63, 3.8) is 0 Å².